The van der Waals surface area contributed by atoms with Gasteiger partial charge in [-0.1, -0.05) is 41.9 Å². The van der Waals surface area contributed by atoms with Crippen molar-refractivity contribution < 1.29 is 9.90 Å². The van der Waals surface area contributed by atoms with Gasteiger partial charge in [0.05, 0.1) is 22.9 Å². The Kier molecular flexibility index (Phi) is 8.42. The van der Waals surface area contributed by atoms with Crippen molar-refractivity contribution in [2.24, 2.45) is 5.92 Å². The van der Waals surface area contributed by atoms with E-state index in [2.05, 4.69) is 40.3 Å². The Hall–Kier alpha value is -3.87. The zero-order valence-corrected chi connectivity index (χ0v) is 25.7. The maximum Gasteiger partial charge on any atom is 0.307 e. The largest absolute Gasteiger partial charge is 0.481 e. The highest BCUT2D eigenvalue weighted by Crippen LogP contribution is 2.37. The minimum absolute atomic E-state index is 0.308. The first-order valence-electron chi connectivity index (χ1n) is 14.4. The third kappa shape index (κ3) is 5.99. The van der Waals surface area contributed by atoms with Crippen LogP contribution >= 0.6 is 22.9 Å². The summed E-state index contributed by atoms with van der Waals surface area (Å²) in [5.41, 5.74) is 9.27. The molecule has 1 atom stereocenters. The second kappa shape index (κ2) is 12.4. The maximum absolute atomic E-state index is 11.3. The minimum atomic E-state index is -0.731. The summed E-state index contributed by atoms with van der Waals surface area (Å²) in [5.74, 6) is -1.04. The number of aryl methyl sites for hydroxylation is 1. The van der Waals surface area contributed by atoms with E-state index < -0.39 is 5.97 Å². The van der Waals surface area contributed by atoms with Gasteiger partial charge in [0.25, 0.3) is 0 Å². The number of thiazole rings is 1. The van der Waals surface area contributed by atoms with E-state index in [0.29, 0.717) is 35.8 Å². The molecule has 4 aromatic rings. The molecule has 2 aliphatic heterocycles. The van der Waals surface area contributed by atoms with E-state index in [1.165, 1.54) is 10.6 Å². The van der Waals surface area contributed by atoms with E-state index in [4.69, 9.17) is 16.6 Å². The topological polar surface area (TPSA) is 102 Å². The van der Waals surface area contributed by atoms with Crippen LogP contribution in [0.15, 0.2) is 42.6 Å². The Morgan fingerprint density at radius 1 is 1.23 bits per heavy atom. The van der Waals surface area contributed by atoms with Crippen molar-refractivity contribution >= 4 is 41.1 Å². The Morgan fingerprint density at radius 3 is 2.84 bits per heavy atom. The van der Waals surface area contributed by atoms with Gasteiger partial charge in [0.15, 0.2) is 0 Å². The first kappa shape index (κ1) is 29.2. The molecule has 0 radical (unpaired) electrons. The molecule has 4 heterocycles. The van der Waals surface area contributed by atoms with Gasteiger partial charge in [0, 0.05) is 59.8 Å². The smallest absolute Gasteiger partial charge is 0.307 e. The van der Waals surface area contributed by atoms with Crippen LogP contribution in [0, 0.1) is 31.1 Å². The number of hydrogen-bond acceptors (Lipinski definition) is 7. The zero-order valence-electron chi connectivity index (χ0n) is 24.2. The predicted molar refractivity (Wildman–Crippen MR) is 172 cm³/mol. The summed E-state index contributed by atoms with van der Waals surface area (Å²) in [6.07, 6.45) is 7.11. The van der Waals surface area contributed by atoms with Gasteiger partial charge in [-0.25, -0.2) is 4.98 Å². The summed E-state index contributed by atoms with van der Waals surface area (Å²) in [6, 6.07) is 14.5. The highest BCUT2D eigenvalue weighted by molar-refractivity contribution is 7.15. The molecule has 1 fully saturated rings. The Balaban J connectivity index is 1.27. The number of aliphatic carboxylic acids is 1. The number of pyridine rings is 1. The molecule has 2 N–H and O–H groups in total. The van der Waals surface area contributed by atoms with E-state index in [1.807, 2.05) is 43.3 Å². The normalized spacial score (nSPS) is 16.8. The number of aromatic nitrogens is 2. The minimum Gasteiger partial charge on any atom is -0.481 e. The standard InChI is InChI=1S/C34H32ClN5O2S/c1-20-14-22(29(35)15-24(20)19-40-13-10-23(18-40)34(41)42)6-7-30-28(16-36)27(8-12-38-30)25-4-3-5-26(21(25)2)33-39-31-9-11-37-17-32(31)43-33/h3-8,12,14-15,23,37H,9-11,13,17-19H2,1-2H3,(H,41,42)/b7-6+/t23-/m1/s1. The van der Waals surface area contributed by atoms with Crippen LogP contribution in [-0.2, 0) is 24.3 Å². The lowest BCUT2D eigenvalue weighted by Crippen LogP contribution is -2.23. The second-order valence-corrected chi connectivity index (χ2v) is 12.7. The van der Waals surface area contributed by atoms with Crippen molar-refractivity contribution in [3.8, 4) is 27.8 Å². The van der Waals surface area contributed by atoms with Crippen molar-refractivity contribution in [1.82, 2.24) is 20.2 Å². The number of carboxylic acids is 1. The molecule has 0 unspecified atom stereocenters. The molecule has 0 aliphatic carbocycles. The lowest BCUT2D eigenvalue weighted by molar-refractivity contribution is -0.141. The fourth-order valence-corrected chi connectivity index (χ4v) is 7.39. The summed E-state index contributed by atoms with van der Waals surface area (Å²) in [6.45, 7) is 7.94. The molecule has 6 rings (SSSR count). The van der Waals surface area contributed by atoms with Gasteiger partial charge in [0.1, 0.15) is 11.1 Å². The van der Waals surface area contributed by atoms with Gasteiger partial charge in [0.2, 0.25) is 0 Å². The van der Waals surface area contributed by atoms with E-state index in [9.17, 15) is 15.2 Å². The molecule has 43 heavy (non-hydrogen) atoms. The van der Waals surface area contributed by atoms with Crippen LogP contribution in [-0.4, -0.2) is 45.6 Å². The van der Waals surface area contributed by atoms with Crippen LogP contribution in [0.5, 0.6) is 0 Å². The lowest BCUT2D eigenvalue weighted by atomic mass is 9.93. The van der Waals surface area contributed by atoms with Crippen LogP contribution in [0.3, 0.4) is 0 Å². The van der Waals surface area contributed by atoms with Gasteiger partial charge < -0.3 is 10.4 Å². The van der Waals surface area contributed by atoms with E-state index in [0.717, 1.165) is 70.0 Å². The second-order valence-electron chi connectivity index (χ2n) is 11.2. The number of likely N-dealkylation sites (tertiary alicyclic amines) is 1. The molecule has 0 spiro atoms. The number of nitrogens with one attached hydrogen (secondary N) is 1. The van der Waals surface area contributed by atoms with Crippen molar-refractivity contribution in [1.29, 1.82) is 5.26 Å². The third-order valence-electron chi connectivity index (χ3n) is 8.44. The number of halogens is 1. The van der Waals surface area contributed by atoms with E-state index >= 15 is 0 Å². The summed E-state index contributed by atoms with van der Waals surface area (Å²) < 4.78 is 0. The van der Waals surface area contributed by atoms with Crippen LogP contribution in [0.1, 0.15) is 50.5 Å². The predicted octanol–water partition coefficient (Wildman–Crippen LogP) is 6.74. The molecule has 218 valence electrons. The Bertz CT molecular complexity index is 1770. The molecule has 0 amide bonds. The summed E-state index contributed by atoms with van der Waals surface area (Å²) in [5, 5.41) is 24.6. The number of nitrogens with zero attached hydrogens (tertiary/aromatic N) is 4. The van der Waals surface area contributed by atoms with Crippen LogP contribution < -0.4 is 5.32 Å². The highest BCUT2D eigenvalue weighted by Gasteiger charge is 2.28. The van der Waals surface area contributed by atoms with Crippen LogP contribution in [0.25, 0.3) is 33.9 Å². The fraction of sp³-hybridized carbons (Fsp3) is 0.294. The van der Waals surface area contributed by atoms with Crippen LogP contribution in [0.4, 0.5) is 0 Å². The number of nitriles is 1. The molecule has 2 aromatic heterocycles. The summed E-state index contributed by atoms with van der Waals surface area (Å²) in [7, 11) is 0. The average Bonchev–Trinajstić information content (AvgIpc) is 3.65. The molecular formula is C34H32ClN5O2S. The van der Waals surface area contributed by atoms with Crippen molar-refractivity contribution in [3.63, 3.8) is 0 Å². The number of carbonyl (C=O) groups is 1. The van der Waals surface area contributed by atoms with Gasteiger partial charge >= 0.3 is 5.97 Å². The highest BCUT2D eigenvalue weighted by atomic mass is 35.5. The third-order valence-corrected chi connectivity index (χ3v) is 9.90. The van der Waals surface area contributed by atoms with E-state index in [1.54, 1.807) is 17.5 Å². The molecule has 9 heteroatoms. The molecule has 1 saturated heterocycles. The van der Waals surface area contributed by atoms with Crippen LogP contribution in [0.2, 0.25) is 5.02 Å². The summed E-state index contributed by atoms with van der Waals surface area (Å²) >= 11 is 8.45. The molecular weight excluding hydrogens is 578 g/mol. The first-order chi connectivity index (χ1) is 20.8. The quantitative estimate of drug-likeness (QED) is 0.239. The number of hydrogen-bond donors (Lipinski definition) is 2. The molecule has 2 aromatic carbocycles. The SMILES string of the molecule is Cc1cc(/C=C/c2nccc(-c3cccc(-c4nc5c(s4)CNCC5)c3C)c2C#N)c(Cl)cc1CN1CC[C@@H](C(=O)O)C1. The van der Waals surface area contributed by atoms with Gasteiger partial charge in [-0.15, -0.1) is 11.3 Å². The number of fused-ring (bicyclic) bond motifs is 1. The first-order valence-corrected chi connectivity index (χ1v) is 15.6. The maximum atomic E-state index is 11.3. The summed E-state index contributed by atoms with van der Waals surface area (Å²) in [4.78, 5) is 24.3. The Labute approximate surface area is 260 Å². The average molecular weight is 610 g/mol. The fourth-order valence-electron chi connectivity index (χ4n) is 5.98. The molecule has 7 nitrogen and oxygen atoms in total. The molecule has 0 bridgehead atoms. The zero-order chi connectivity index (χ0) is 30.1. The van der Waals surface area contributed by atoms with Crippen molar-refractivity contribution in [2.75, 3.05) is 19.6 Å². The Morgan fingerprint density at radius 2 is 2.07 bits per heavy atom. The number of rotatable bonds is 7. The van der Waals surface area contributed by atoms with Crippen molar-refractivity contribution in [2.45, 2.75) is 39.8 Å². The van der Waals surface area contributed by atoms with Gasteiger partial charge in [-0.2, -0.15) is 5.26 Å². The molecule has 0 saturated carbocycles. The van der Waals surface area contributed by atoms with Gasteiger partial charge in [-0.3, -0.25) is 14.7 Å². The number of carboxylic acid groups (broad SMARTS) is 1. The van der Waals surface area contributed by atoms with Crippen molar-refractivity contribution in [3.05, 3.63) is 91.7 Å². The molecule has 2 aliphatic rings. The van der Waals surface area contributed by atoms with E-state index in [-0.39, 0.29) is 5.92 Å². The number of benzene rings is 2. The monoisotopic (exact) mass is 609 g/mol. The van der Waals surface area contributed by atoms with Gasteiger partial charge in [-0.05, 0) is 72.8 Å². The lowest BCUT2D eigenvalue weighted by Gasteiger charge is -2.18.